The Morgan fingerprint density at radius 3 is 3.00 bits per heavy atom. The molecule has 0 aliphatic heterocycles. The largest absolute Gasteiger partial charge is 0.319 e. The van der Waals surface area contributed by atoms with Crippen molar-refractivity contribution >= 4 is 34.2 Å². The first-order chi connectivity index (χ1) is 7.25. The molecule has 0 saturated carbocycles. The van der Waals surface area contributed by atoms with Crippen molar-refractivity contribution in [2.45, 2.75) is 0 Å². The molecule has 0 bridgehead atoms. The number of aromatic nitrogens is 3. The lowest BCUT2D eigenvalue weighted by atomic mass is 10.3. The Bertz CT molecular complexity index is 469. The third-order valence-electron chi connectivity index (χ3n) is 1.71. The number of anilines is 1. The van der Waals surface area contributed by atoms with E-state index in [9.17, 15) is 4.79 Å². The standard InChI is InChI=1S/C9H7IN4O/c10-6-2-1-3-7(4-6)13-9(15)8-11-5-12-14-8/h1-5H,(H,13,15)(H,11,12,14). The van der Waals surface area contributed by atoms with Gasteiger partial charge in [0.25, 0.3) is 5.91 Å². The normalized spacial score (nSPS) is 9.93. The van der Waals surface area contributed by atoms with Gasteiger partial charge in [-0.1, -0.05) is 6.07 Å². The number of hydrogen-bond acceptors (Lipinski definition) is 3. The number of hydrogen-bond donors (Lipinski definition) is 2. The Morgan fingerprint density at radius 2 is 2.33 bits per heavy atom. The highest BCUT2D eigenvalue weighted by atomic mass is 127. The topological polar surface area (TPSA) is 70.7 Å². The van der Waals surface area contributed by atoms with Gasteiger partial charge in [-0.05, 0) is 40.8 Å². The van der Waals surface area contributed by atoms with Gasteiger partial charge in [0.05, 0.1) is 0 Å². The van der Waals surface area contributed by atoms with Crippen molar-refractivity contribution in [1.29, 1.82) is 0 Å². The maximum absolute atomic E-state index is 11.5. The van der Waals surface area contributed by atoms with Crippen molar-refractivity contribution in [1.82, 2.24) is 15.2 Å². The summed E-state index contributed by atoms with van der Waals surface area (Å²) in [6, 6.07) is 7.51. The van der Waals surface area contributed by atoms with Crippen LogP contribution in [0.1, 0.15) is 10.6 Å². The molecule has 1 aromatic heterocycles. The van der Waals surface area contributed by atoms with Gasteiger partial charge in [-0.2, -0.15) is 5.10 Å². The molecule has 0 saturated heterocycles. The van der Waals surface area contributed by atoms with Crippen LogP contribution in [-0.4, -0.2) is 21.1 Å². The van der Waals surface area contributed by atoms with Crippen LogP contribution < -0.4 is 5.32 Å². The zero-order valence-electron chi connectivity index (χ0n) is 7.57. The van der Waals surface area contributed by atoms with Crippen molar-refractivity contribution in [3.05, 3.63) is 40.0 Å². The summed E-state index contributed by atoms with van der Waals surface area (Å²) in [6.45, 7) is 0. The first-order valence-corrected chi connectivity index (χ1v) is 5.26. The molecule has 1 heterocycles. The molecule has 2 rings (SSSR count). The van der Waals surface area contributed by atoms with E-state index in [1.807, 2.05) is 24.3 Å². The summed E-state index contributed by atoms with van der Waals surface area (Å²) in [6.07, 6.45) is 1.30. The molecule has 2 N–H and O–H groups in total. The van der Waals surface area contributed by atoms with E-state index < -0.39 is 0 Å². The third-order valence-corrected chi connectivity index (χ3v) is 2.38. The molecule has 2 aromatic rings. The number of rotatable bonds is 2. The van der Waals surface area contributed by atoms with Gasteiger partial charge in [0.15, 0.2) is 0 Å². The summed E-state index contributed by atoms with van der Waals surface area (Å²) in [5, 5.41) is 8.81. The number of amides is 1. The quantitative estimate of drug-likeness (QED) is 0.828. The second kappa shape index (κ2) is 4.39. The molecule has 0 fully saturated rings. The number of H-pyrrole nitrogens is 1. The highest BCUT2D eigenvalue weighted by Gasteiger charge is 2.08. The third kappa shape index (κ3) is 2.52. The second-order valence-electron chi connectivity index (χ2n) is 2.80. The van der Waals surface area contributed by atoms with Crippen LogP contribution in [0.5, 0.6) is 0 Å². The minimum absolute atomic E-state index is 0.203. The van der Waals surface area contributed by atoms with Gasteiger partial charge in [-0.25, -0.2) is 4.98 Å². The van der Waals surface area contributed by atoms with Crippen molar-refractivity contribution in [2.75, 3.05) is 5.32 Å². The Morgan fingerprint density at radius 1 is 1.47 bits per heavy atom. The van der Waals surface area contributed by atoms with Crippen LogP contribution >= 0.6 is 22.6 Å². The lowest BCUT2D eigenvalue weighted by Crippen LogP contribution is -2.13. The van der Waals surface area contributed by atoms with Gasteiger partial charge in [0.2, 0.25) is 5.82 Å². The molecule has 0 aliphatic carbocycles. The summed E-state index contributed by atoms with van der Waals surface area (Å²) in [5.41, 5.74) is 0.739. The van der Waals surface area contributed by atoms with Crippen molar-refractivity contribution in [2.24, 2.45) is 0 Å². The molecule has 0 radical (unpaired) electrons. The number of halogens is 1. The minimum atomic E-state index is -0.297. The monoisotopic (exact) mass is 314 g/mol. The van der Waals surface area contributed by atoms with Crippen LogP contribution in [0.4, 0.5) is 5.69 Å². The Balaban J connectivity index is 2.13. The molecule has 6 heteroatoms. The molecule has 0 spiro atoms. The Kier molecular flexibility index (Phi) is 2.95. The number of nitrogens with zero attached hydrogens (tertiary/aromatic N) is 2. The van der Waals surface area contributed by atoms with Gasteiger partial charge in [-0.15, -0.1) is 0 Å². The predicted molar refractivity (Wildman–Crippen MR) is 63.5 cm³/mol. The highest BCUT2D eigenvalue weighted by Crippen LogP contribution is 2.12. The van der Waals surface area contributed by atoms with Crippen molar-refractivity contribution in [3.8, 4) is 0 Å². The summed E-state index contributed by atoms with van der Waals surface area (Å²) in [7, 11) is 0. The average Bonchev–Trinajstić information content (AvgIpc) is 2.70. The van der Waals surface area contributed by atoms with E-state index in [1.165, 1.54) is 6.33 Å². The molecular weight excluding hydrogens is 307 g/mol. The summed E-state index contributed by atoms with van der Waals surface area (Å²) in [5.74, 6) is -0.0941. The Labute approximate surface area is 99.4 Å². The molecule has 0 atom stereocenters. The molecule has 1 amide bonds. The second-order valence-corrected chi connectivity index (χ2v) is 4.04. The molecular formula is C9H7IN4O. The first-order valence-electron chi connectivity index (χ1n) is 4.18. The van der Waals surface area contributed by atoms with Crippen molar-refractivity contribution < 1.29 is 4.79 Å². The zero-order valence-corrected chi connectivity index (χ0v) is 9.72. The number of aromatic amines is 1. The number of nitrogens with one attached hydrogen (secondary N) is 2. The fraction of sp³-hybridized carbons (Fsp3) is 0. The minimum Gasteiger partial charge on any atom is -0.319 e. The van der Waals surface area contributed by atoms with E-state index in [2.05, 4.69) is 43.1 Å². The summed E-state index contributed by atoms with van der Waals surface area (Å²) in [4.78, 5) is 15.3. The fourth-order valence-electron chi connectivity index (χ4n) is 1.07. The van der Waals surface area contributed by atoms with E-state index in [-0.39, 0.29) is 11.7 Å². The van der Waals surface area contributed by atoms with Gasteiger partial charge < -0.3 is 5.32 Å². The van der Waals surface area contributed by atoms with Gasteiger partial charge in [0.1, 0.15) is 6.33 Å². The van der Waals surface area contributed by atoms with Crippen LogP contribution in [0, 0.1) is 3.57 Å². The van der Waals surface area contributed by atoms with E-state index >= 15 is 0 Å². The highest BCUT2D eigenvalue weighted by molar-refractivity contribution is 14.1. The van der Waals surface area contributed by atoms with Crippen LogP contribution in [0.15, 0.2) is 30.6 Å². The number of benzene rings is 1. The van der Waals surface area contributed by atoms with Gasteiger partial charge in [0, 0.05) is 9.26 Å². The molecule has 76 valence electrons. The Hall–Kier alpha value is -1.44. The summed E-state index contributed by atoms with van der Waals surface area (Å²) < 4.78 is 1.06. The molecule has 5 nitrogen and oxygen atoms in total. The molecule has 15 heavy (non-hydrogen) atoms. The average molecular weight is 314 g/mol. The smallest absolute Gasteiger partial charge is 0.292 e. The van der Waals surface area contributed by atoms with Crippen LogP contribution in [0.3, 0.4) is 0 Å². The van der Waals surface area contributed by atoms with Crippen LogP contribution in [0.25, 0.3) is 0 Å². The molecule has 0 unspecified atom stereocenters. The predicted octanol–water partition coefficient (Wildman–Crippen LogP) is 1.66. The van der Waals surface area contributed by atoms with E-state index in [4.69, 9.17) is 0 Å². The number of carbonyl (C=O) groups is 1. The maximum atomic E-state index is 11.5. The molecule has 0 aliphatic rings. The van der Waals surface area contributed by atoms with E-state index in [0.717, 1.165) is 9.26 Å². The van der Waals surface area contributed by atoms with E-state index in [1.54, 1.807) is 0 Å². The SMILES string of the molecule is O=C(Nc1cccc(I)c1)c1ncn[nH]1. The first kappa shape index (κ1) is 10.1. The fourth-order valence-corrected chi connectivity index (χ4v) is 1.61. The van der Waals surface area contributed by atoms with Crippen LogP contribution in [-0.2, 0) is 0 Å². The van der Waals surface area contributed by atoms with Gasteiger partial charge in [-0.3, -0.25) is 9.89 Å². The van der Waals surface area contributed by atoms with Gasteiger partial charge >= 0.3 is 0 Å². The molecule has 1 aromatic carbocycles. The van der Waals surface area contributed by atoms with E-state index in [0.29, 0.717) is 0 Å². The lowest BCUT2D eigenvalue weighted by molar-refractivity contribution is 0.101. The number of carbonyl (C=O) groups excluding carboxylic acids is 1. The maximum Gasteiger partial charge on any atom is 0.292 e. The zero-order chi connectivity index (χ0) is 10.7. The summed E-state index contributed by atoms with van der Waals surface area (Å²) >= 11 is 2.18. The van der Waals surface area contributed by atoms with Crippen molar-refractivity contribution in [3.63, 3.8) is 0 Å². The van der Waals surface area contributed by atoms with Crippen LogP contribution in [0.2, 0.25) is 0 Å². The lowest BCUT2D eigenvalue weighted by Gasteiger charge is -2.02.